The van der Waals surface area contributed by atoms with Gasteiger partial charge >= 0.3 is 0 Å². The van der Waals surface area contributed by atoms with Crippen molar-refractivity contribution in [2.75, 3.05) is 0 Å². The minimum Gasteiger partial charge on any atom is -0.0625 e. The van der Waals surface area contributed by atoms with Gasteiger partial charge in [0.15, 0.2) is 0 Å². The molecule has 0 heterocycles. The molecule has 0 amide bonds. The van der Waals surface area contributed by atoms with Crippen LogP contribution in [0.3, 0.4) is 0 Å². The van der Waals surface area contributed by atoms with E-state index in [1.165, 1.54) is 30.4 Å². The van der Waals surface area contributed by atoms with Crippen LogP contribution in [0, 0.1) is 5.92 Å². The van der Waals surface area contributed by atoms with Crippen LogP contribution in [-0.4, -0.2) is 0 Å². The van der Waals surface area contributed by atoms with Gasteiger partial charge in [-0.05, 0) is 48.1 Å². The summed E-state index contributed by atoms with van der Waals surface area (Å²) in [7, 11) is 0. The Morgan fingerprint density at radius 3 is 1.47 bits per heavy atom. The molecule has 0 saturated heterocycles. The normalized spacial score (nSPS) is 27.1. The third kappa shape index (κ3) is 2.89. The van der Waals surface area contributed by atoms with E-state index in [4.69, 9.17) is 0 Å². The maximum atomic E-state index is 2.41. The van der Waals surface area contributed by atoms with Crippen molar-refractivity contribution in [2.45, 2.75) is 38.0 Å². The van der Waals surface area contributed by atoms with Gasteiger partial charge in [-0.1, -0.05) is 67.6 Å². The van der Waals surface area contributed by atoms with Crippen molar-refractivity contribution in [3.05, 3.63) is 71.8 Å². The first kappa shape index (κ1) is 12.5. The molecule has 0 N–H and O–H groups in total. The van der Waals surface area contributed by atoms with Gasteiger partial charge in [-0.15, -0.1) is 0 Å². The van der Waals surface area contributed by atoms with E-state index in [1.807, 2.05) is 0 Å². The van der Waals surface area contributed by atoms with Crippen LogP contribution in [0.1, 0.15) is 49.1 Å². The zero-order valence-electron chi connectivity index (χ0n) is 11.6. The third-order valence-corrected chi connectivity index (χ3v) is 4.48. The summed E-state index contributed by atoms with van der Waals surface area (Å²) in [5.41, 5.74) is 3.05. The zero-order valence-corrected chi connectivity index (χ0v) is 11.6. The smallest absolute Gasteiger partial charge is 0.0154 e. The van der Waals surface area contributed by atoms with Crippen molar-refractivity contribution in [3.8, 4) is 0 Å². The molecule has 1 aliphatic rings. The molecule has 0 aliphatic heterocycles. The third-order valence-electron chi connectivity index (χ3n) is 4.48. The predicted molar refractivity (Wildman–Crippen MR) is 81.4 cm³/mol. The van der Waals surface area contributed by atoms with Gasteiger partial charge in [0.1, 0.15) is 0 Å². The summed E-state index contributed by atoms with van der Waals surface area (Å²) in [6.45, 7) is 2.41. The molecule has 19 heavy (non-hydrogen) atoms. The average molecular weight is 250 g/mol. The monoisotopic (exact) mass is 250 g/mol. The Morgan fingerprint density at radius 1 is 0.632 bits per heavy atom. The van der Waals surface area contributed by atoms with Crippen LogP contribution in [0.15, 0.2) is 60.7 Å². The van der Waals surface area contributed by atoms with Crippen molar-refractivity contribution in [1.29, 1.82) is 0 Å². The first-order valence-electron chi connectivity index (χ1n) is 7.43. The van der Waals surface area contributed by atoms with Crippen molar-refractivity contribution >= 4 is 0 Å². The van der Waals surface area contributed by atoms with Gasteiger partial charge in [0.25, 0.3) is 0 Å². The highest BCUT2D eigenvalue weighted by Crippen LogP contribution is 2.43. The molecule has 98 valence electrons. The molecule has 1 saturated carbocycles. The molecular formula is C19H22. The fourth-order valence-corrected chi connectivity index (χ4v) is 3.60. The standard InChI is InChI=1S/C19H22/c1-15-12-18(16-8-4-2-5-9-16)14-19(13-15)17-10-6-3-7-11-17/h2-11,15,18-19H,12-14H2,1H3. The summed E-state index contributed by atoms with van der Waals surface area (Å²) in [6, 6.07) is 22.1. The van der Waals surface area contributed by atoms with Gasteiger partial charge in [0.2, 0.25) is 0 Å². The van der Waals surface area contributed by atoms with Crippen LogP contribution in [0.5, 0.6) is 0 Å². The fraction of sp³-hybridized carbons (Fsp3) is 0.368. The molecule has 0 aromatic heterocycles. The van der Waals surface area contributed by atoms with Gasteiger partial charge in [0, 0.05) is 0 Å². The van der Waals surface area contributed by atoms with Gasteiger partial charge in [-0.25, -0.2) is 0 Å². The highest BCUT2D eigenvalue weighted by atomic mass is 14.3. The second kappa shape index (κ2) is 5.61. The minimum atomic E-state index is 0.732. The lowest BCUT2D eigenvalue weighted by Crippen LogP contribution is -2.18. The molecule has 0 spiro atoms. The second-order valence-electron chi connectivity index (χ2n) is 6.03. The lowest BCUT2D eigenvalue weighted by Gasteiger charge is -2.34. The average Bonchev–Trinajstić information content (AvgIpc) is 2.48. The molecule has 2 atom stereocenters. The Labute approximate surface area is 116 Å². The SMILES string of the molecule is CC1CC(c2ccccc2)CC(c2ccccc2)C1. The van der Waals surface area contributed by atoms with Gasteiger partial charge in [0.05, 0.1) is 0 Å². The molecule has 0 heteroatoms. The van der Waals surface area contributed by atoms with E-state index in [1.54, 1.807) is 0 Å². The first-order chi connectivity index (χ1) is 9.33. The molecule has 0 nitrogen and oxygen atoms in total. The molecule has 2 aromatic carbocycles. The summed E-state index contributed by atoms with van der Waals surface area (Å²) in [6.07, 6.45) is 3.99. The van der Waals surface area contributed by atoms with E-state index < -0.39 is 0 Å². The fourth-order valence-electron chi connectivity index (χ4n) is 3.60. The summed E-state index contributed by atoms with van der Waals surface area (Å²) in [5.74, 6) is 2.29. The molecule has 2 unspecified atom stereocenters. The van der Waals surface area contributed by atoms with Gasteiger partial charge in [-0.3, -0.25) is 0 Å². The molecule has 2 aromatic rings. The van der Waals surface area contributed by atoms with Crippen LogP contribution in [0.25, 0.3) is 0 Å². The maximum Gasteiger partial charge on any atom is -0.0154 e. The van der Waals surface area contributed by atoms with E-state index >= 15 is 0 Å². The highest BCUT2D eigenvalue weighted by Gasteiger charge is 2.28. The van der Waals surface area contributed by atoms with E-state index in [9.17, 15) is 0 Å². The largest absolute Gasteiger partial charge is 0.0625 e. The zero-order chi connectivity index (χ0) is 13.1. The Balaban J connectivity index is 1.82. The number of rotatable bonds is 2. The Bertz CT molecular complexity index is 453. The summed E-state index contributed by atoms with van der Waals surface area (Å²) < 4.78 is 0. The quantitative estimate of drug-likeness (QED) is 0.671. The van der Waals surface area contributed by atoms with Crippen molar-refractivity contribution in [3.63, 3.8) is 0 Å². The molecule has 1 fully saturated rings. The van der Waals surface area contributed by atoms with E-state index in [0.717, 1.165) is 17.8 Å². The number of hydrogen-bond acceptors (Lipinski definition) is 0. The number of hydrogen-bond donors (Lipinski definition) is 0. The van der Waals surface area contributed by atoms with Gasteiger partial charge in [-0.2, -0.15) is 0 Å². The minimum absolute atomic E-state index is 0.732. The predicted octanol–water partition coefficient (Wildman–Crippen LogP) is 5.37. The molecule has 1 aliphatic carbocycles. The maximum absolute atomic E-state index is 2.41. The summed E-state index contributed by atoms with van der Waals surface area (Å²) in [4.78, 5) is 0. The van der Waals surface area contributed by atoms with E-state index in [0.29, 0.717) is 0 Å². The van der Waals surface area contributed by atoms with E-state index in [2.05, 4.69) is 67.6 Å². The molecule has 0 radical (unpaired) electrons. The van der Waals surface area contributed by atoms with Crippen molar-refractivity contribution < 1.29 is 0 Å². The highest BCUT2D eigenvalue weighted by molar-refractivity contribution is 5.25. The molecular weight excluding hydrogens is 228 g/mol. The Morgan fingerprint density at radius 2 is 1.05 bits per heavy atom. The van der Waals surface area contributed by atoms with Crippen LogP contribution in [0.2, 0.25) is 0 Å². The topological polar surface area (TPSA) is 0 Å². The van der Waals surface area contributed by atoms with Crippen LogP contribution in [0.4, 0.5) is 0 Å². The van der Waals surface area contributed by atoms with Crippen LogP contribution >= 0.6 is 0 Å². The van der Waals surface area contributed by atoms with Crippen molar-refractivity contribution in [1.82, 2.24) is 0 Å². The number of benzene rings is 2. The second-order valence-corrected chi connectivity index (χ2v) is 6.03. The van der Waals surface area contributed by atoms with Crippen LogP contribution < -0.4 is 0 Å². The van der Waals surface area contributed by atoms with Crippen molar-refractivity contribution in [2.24, 2.45) is 5.92 Å². The summed E-state index contributed by atoms with van der Waals surface area (Å²) >= 11 is 0. The van der Waals surface area contributed by atoms with Crippen LogP contribution in [-0.2, 0) is 0 Å². The Hall–Kier alpha value is -1.56. The Kier molecular flexibility index (Phi) is 3.68. The molecule has 3 rings (SSSR count). The van der Waals surface area contributed by atoms with Gasteiger partial charge < -0.3 is 0 Å². The van der Waals surface area contributed by atoms with E-state index in [-0.39, 0.29) is 0 Å². The lowest BCUT2D eigenvalue weighted by molar-refractivity contribution is 0.307. The first-order valence-corrected chi connectivity index (χ1v) is 7.43. The summed E-state index contributed by atoms with van der Waals surface area (Å²) in [5, 5.41) is 0. The lowest BCUT2D eigenvalue weighted by atomic mass is 9.71. The molecule has 0 bridgehead atoms.